The predicted molar refractivity (Wildman–Crippen MR) is 79.3 cm³/mol. The molecule has 0 radical (unpaired) electrons. The predicted octanol–water partition coefficient (Wildman–Crippen LogP) is 1.29. The molecule has 0 saturated carbocycles. The summed E-state index contributed by atoms with van der Waals surface area (Å²) in [5.41, 5.74) is 2.58. The first-order chi connectivity index (χ1) is 8.75. The lowest BCUT2D eigenvalue weighted by atomic mass is 10.2. The van der Waals surface area contributed by atoms with Gasteiger partial charge >= 0.3 is 0 Å². The summed E-state index contributed by atoms with van der Waals surface area (Å²) in [4.78, 5) is 3.03. The van der Waals surface area contributed by atoms with Crippen LogP contribution in [0.3, 0.4) is 0 Å². The lowest BCUT2D eigenvalue weighted by Crippen LogP contribution is -3.00. The van der Waals surface area contributed by atoms with E-state index in [9.17, 15) is 0 Å². The molecular formula is C14H14Cl3NS. The van der Waals surface area contributed by atoms with Crippen LogP contribution in [-0.4, -0.2) is 5.75 Å². The van der Waals surface area contributed by atoms with Crippen LogP contribution in [0.4, 0.5) is 0 Å². The van der Waals surface area contributed by atoms with Gasteiger partial charge in [0.1, 0.15) is 0 Å². The van der Waals surface area contributed by atoms with E-state index in [1.54, 1.807) is 0 Å². The molecule has 0 bridgehead atoms. The van der Waals surface area contributed by atoms with Gasteiger partial charge in [0.15, 0.2) is 12.4 Å². The fourth-order valence-corrected chi connectivity index (χ4v) is 2.86. The van der Waals surface area contributed by atoms with Gasteiger partial charge < -0.3 is 12.4 Å². The van der Waals surface area contributed by atoms with Crippen molar-refractivity contribution in [3.63, 3.8) is 0 Å². The summed E-state index contributed by atoms with van der Waals surface area (Å²) >= 11 is 13.8. The van der Waals surface area contributed by atoms with Gasteiger partial charge in [0.25, 0.3) is 0 Å². The summed E-state index contributed by atoms with van der Waals surface area (Å²) in [5.74, 6) is 2.07. The summed E-state index contributed by atoms with van der Waals surface area (Å²) in [6.45, 7) is 0. The summed E-state index contributed by atoms with van der Waals surface area (Å²) in [7, 11) is 0. The molecule has 1 nitrogen and oxygen atoms in total. The molecule has 19 heavy (non-hydrogen) atoms. The smallest absolute Gasteiger partial charge is 0.167 e. The molecule has 1 aromatic carbocycles. The number of hydrogen-bond donors (Lipinski definition) is 0. The maximum absolute atomic E-state index is 5.98. The van der Waals surface area contributed by atoms with E-state index in [1.807, 2.05) is 42.4 Å². The second kappa shape index (κ2) is 8.70. The highest BCUT2D eigenvalue weighted by Crippen LogP contribution is 2.24. The maximum Gasteiger partial charge on any atom is 0.167 e. The Kier molecular flexibility index (Phi) is 7.62. The standard InChI is InChI=1S/C14H13Cl2NS.ClH/c15-13-2-1-12(9-14(13)16)10-18-8-5-11-3-6-17-7-4-11;/h1-4,6-7,9H,5,8,10H2;1H. The second-order valence-corrected chi connectivity index (χ2v) is 5.88. The number of pyridine rings is 1. The normalized spacial score (nSPS) is 10.0. The molecule has 0 unspecified atom stereocenters. The fourth-order valence-electron chi connectivity index (χ4n) is 1.60. The molecule has 0 saturated heterocycles. The van der Waals surface area contributed by atoms with Crippen molar-refractivity contribution in [2.45, 2.75) is 12.2 Å². The topological polar surface area (TPSA) is 14.1 Å². The summed E-state index contributed by atoms with van der Waals surface area (Å²) in [6, 6.07) is 10.0. The van der Waals surface area contributed by atoms with Crippen molar-refractivity contribution in [2.24, 2.45) is 0 Å². The number of thioether (sulfide) groups is 1. The van der Waals surface area contributed by atoms with Crippen molar-refractivity contribution in [3.8, 4) is 0 Å². The molecular weight excluding hydrogens is 321 g/mol. The Labute approximate surface area is 134 Å². The molecule has 0 fully saturated rings. The monoisotopic (exact) mass is 333 g/mol. The van der Waals surface area contributed by atoms with Gasteiger partial charge in [0.2, 0.25) is 0 Å². The molecule has 0 aliphatic carbocycles. The van der Waals surface area contributed by atoms with Gasteiger partial charge in [-0.3, -0.25) is 0 Å². The zero-order valence-corrected chi connectivity index (χ0v) is 13.3. The van der Waals surface area contributed by atoms with E-state index in [2.05, 4.69) is 17.1 Å². The minimum absolute atomic E-state index is 0. The SMILES string of the molecule is Clc1ccc(CSCCc2cc[nH+]cc2)cc1Cl.[Cl-]. The van der Waals surface area contributed by atoms with E-state index >= 15 is 0 Å². The van der Waals surface area contributed by atoms with Crippen LogP contribution in [0.2, 0.25) is 10.0 Å². The molecule has 0 spiro atoms. The van der Waals surface area contributed by atoms with Crippen LogP contribution in [0, 0.1) is 0 Å². The fraction of sp³-hybridized carbons (Fsp3) is 0.214. The zero-order chi connectivity index (χ0) is 12.8. The number of hydrogen-bond acceptors (Lipinski definition) is 1. The molecule has 0 amide bonds. The van der Waals surface area contributed by atoms with Crippen molar-refractivity contribution in [1.82, 2.24) is 0 Å². The van der Waals surface area contributed by atoms with Gasteiger partial charge in [0, 0.05) is 17.9 Å². The van der Waals surface area contributed by atoms with Gasteiger partial charge in [-0.15, -0.1) is 0 Å². The highest BCUT2D eigenvalue weighted by molar-refractivity contribution is 7.98. The Morgan fingerprint density at radius 1 is 0.947 bits per heavy atom. The number of aryl methyl sites for hydroxylation is 1. The van der Waals surface area contributed by atoms with Crippen LogP contribution in [0.15, 0.2) is 42.7 Å². The van der Waals surface area contributed by atoms with Crippen LogP contribution in [0.1, 0.15) is 11.1 Å². The molecule has 1 heterocycles. The molecule has 2 aromatic rings. The molecule has 0 aliphatic heterocycles. The Morgan fingerprint density at radius 3 is 2.37 bits per heavy atom. The first kappa shape index (κ1) is 16.6. The van der Waals surface area contributed by atoms with Crippen LogP contribution in [-0.2, 0) is 12.2 Å². The molecule has 1 N–H and O–H groups in total. The second-order valence-electron chi connectivity index (χ2n) is 3.96. The summed E-state index contributed by atoms with van der Waals surface area (Å²) in [5, 5.41) is 1.25. The van der Waals surface area contributed by atoms with Crippen molar-refractivity contribution < 1.29 is 17.4 Å². The number of benzene rings is 1. The number of H-pyrrole nitrogens is 1. The van der Waals surface area contributed by atoms with E-state index in [4.69, 9.17) is 23.2 Å². The van der Waals surface area contributed by atoms with E-state index in [-0.39, 0.29) is 12.4 Å². The van der Waals surface area contributed by atoms with E-state index in [0.717, 1.165) is 17.9 Å². The Bertz CT molecular complexity index is 505. The quantitative estimate of drug-likeness (QED) is 0.752. The molecule has 2 rings (SSSR count). The van der Waals surface area contributed by atoms with Crippen LogP contribution < -0.4 is 17.4 Å². The Morgan fingerprint density at radius 2 is 1.68 bits per heavy atom. The highest BCUT2D eigenvalue weighted by atomic mass is 35.5. The largest absolute Gasteiger partial charge is 1.00 e. The summed E-state index contributed by atoms with van der Waals surface area (Å²) in [6.07, 6.45) is 5.00. The van der Waals surface area contributed by atoms with Gasteiger partial charge in [-0.1, -0.05) is 29.3 Å². The number of halogens is 3. The third kappa shape index (κ3) is 5.62. The maximum atomic E-state index is 5.98. The lowest BCUT2D eigenvalue weighted by molar-refractivity contribution is -0.378. The molecule has 0 atom stereocenters. The average Bonchev–Trinajstić information content (AvgIpc) is 2.40. The number of rotatable bonds is 5. The number of aromatic amines is 1. The first-order valence-corrected chi connectivity index (χ1v) is 7.63. The van der Waals surface area contributed by atoms with Gasteiger partial charge in [-0.05, 0) is 35.4 Å². The zero-order valence-electron chi connectivity index (χ0n) is 10.2. The van der Waals surface area contributed by atoms with Crippen LogP contribution >= 0.6 is 35.0 Å². The third-order valence-electron chi connectivity index (χ3n) is 2.58. The summed E-state index contributed by atoms with van der Waals surface area (Å²) < 4.78 is 0. The van der Waals surface area contributed by atoms with E-state index in [0.29, 0.717) is 10.0 Å². The third-order valence-corrected chi connectivity index (χ3v) is 4.34. The number of aromatic nitrogens is 1. The highest BCUT2D eigenvalue weighted by Gasteiger charge is 2.00. The first-order valence-electron chi connectivity index (χ1n) is 5.72. The van der Waals surface area contributed by atoms with E-state index < -0.39 is 0 Å². The minimum atomic E-state index is 0. The van der Waals surface area contributed by atoms with Gasteiger partial charge in [-0.2, -0.15) is 11.8 Å². The molecule has 102 valence electrons. The van der Waals surface area contributed by atoms with E-state index in [1.165, 1.54) is 11.1 Å². The Hall–Kier alpha value is -0.410. The Balaban J connectivity index is 0.00000180. The molecule has 5 heteroatoms. The lowest BCUT2D eigenvalue weighted by Gasteiger charge is -2.03. The van der Waals surface area contributed by atoms with Crippen molar-refractivity contribution in [3.05, 3.63) is 63.9 Å². The van der Waals surface area contributed by atoms with Crippen LogP contribution in [0.5, 0.6) is 0 Å². The molecule has 0 aliphatic rings. The van der Waals surface area contributed by atoms with Crippen molar-refractivity contribution >= 4 is 35.0 Å². The number of nitrogens with one attached hydrogen (secondary N) is 1. The van der Waals surface area contributed by atoms with Crippen LogP contribution in [0.25, 0.3) is 0 Å². The van der Waals surface area contributed by atoms with Crippen molar-refractivity contribution in [2.75, 3.05) is 5.75 Å². The minimum Gasteiger partial charge on any atom is -1.00 e. The van der Waals surface area contributed by atoms with Gasteiger partial charge in [-0.25, -0.2) is 4.98 Å². The molecule has 1 aromatic heterocycles. The average molecular weight is 335 g/mol. The van der Waals surface area contributed by atoms with Gasteiger partial charge in [0.05, 0.1) is 10.0 Å². The van der Waals surface area contributed by atoms with Crippen molar-refractivity contribution in [1.29, 1.82) is 0 Å².